The first-order valence-corrected chi connectivity index (χ1v) is 5.87. The third-order valence-electron chi connectivity index (χ3n) is 2.69. The number of H-pyrrole nitrogens is 1. The number of anilines is 1. The van der Waals surface area contributed by atoms with Gasteiger partial charge in [0.05, 0.1) is 11.4 Å². The molecule has 2 aromatic rings. The number of carbonyl (C=O) groups excluding carboxylic acids is 1. The summed E-state index contributed by atoms with van der Waals surface area (Å²) < 4.78 is 1.62. The third-order valence-corrected chi connectivity index (χ3v) is 2.69. The van der Waals surface area contributed by atoms with Crippen LogP contribution in [-0.2, 0) is 11.8 Å². The Balaban J connectivity index is 2.11. The molecule has 0 aliphatic rings. The normalized spacial score (nSPS) is 10.9. The molecule has 20 heavy (non-hydrogen) atoms. The van der Waals surface area contributed by atoms with Crippen LogP contribution in [0.5, 0.6) is 0 Å². The molecule has 2 rings (SSSR count). The standard InChI is InChI=1S/C13H14N4O3/c1-8-7-10(12(15-8)13(19)20)16-11(18)4-3-9-5-6-14-17(9)2/h3-7,15H,1-2H3,(H,16,18)(H,19,20)/b4-3+. The number of carboxylic acids is 1. The fourth-order valence-corrected chi connectivity index (χ4v) is 1.74. The van der Waals surface area contributed by atoms with Crippen LogP contribution in [0.25, 0.3) is 6.08 Å². The van der Waals surface area contributed by atoms with Gasteiger partial charge in [-0.05, 0) is 25.1 Å². The number of aryl methyl sites for hydroxylation is 2. The topological polar surface area (TPSA) is 100 Å². The van der Waals surface area contributed by atoms with E-state index < -0.39 is 11.9 Å². The van der Waals surface area contributed by atoms with Gasteiger partial charge in [0.1, 0.15) is 5.69 Å². The SMILES string of the molecule is Cc1cc(NC(=O)/C=C/c2ccnn2C)c(C(=O)O)[nH]1. The van der Waals surface area contributed by atoms with Gasteiger partial charge in [0.2, 0.25) is 5.91 Å². The summed E-state index contributed by atoms with van der Waals surface area (Å²) in [6, 6.07) is 3.33. The monoisotopic (exact) mass is 274 g/mol. The maximum Gasteiger partial charge on any atom is 0.354 e. The summed E-state index contributed by atoms with van der Waals surface area (Å²) in [7, 11) is 1.76. The Morgan fingerprint density at radius 3 is 2.85 bits per heavy atom. The first kappa shape index (κ1) is 13.6. The van der Waals surface area contributed by atoms with Gasteiger partial charge >= 0.3 is 5.97 Å². The van der Waals surface area contributed by atoms with Crippen molar-refractivity contribution >= 4 is 23.6 Å². The zero-order chi connectivity index (χ0) is 14.7. The highest BCUT2D eigenvalue weighted by molar-refractivity contribution is 6.05. The molecule has 2 aromatic heterocycles. The zero-order valence-corrected chi connectivity index (χ0v) is 11.0. The molecule has 0 unspecified atom stereocenters. The molecule has 0 atom stereocenters. The summed E-state index contributed by atoms with van der Waals surface area (Å²) in [6.45, 7) is 1.72. The molecular weight excluding hydrogens is 260 g/mol. The van der Waals surface area contributed by atoms with Gasteiger partial charge in [-0.1, -0.05) is 0 Å². The van der Waals surface area contributed by atoms with Crippen molar-refractivity contribution in [2.75, 3.05) is 5.32 Å². The van der Waals surface area contributed by atoms with E-state index in [2.05, 4.69) is 15.4 Å². The summed E-state index contributed by atoms with van der Waals surface area (Å²) >= 11 is 0. The third kappa shape index (κ3) is 2.94. The Kier molecular flexibility index (Phi) is 3.69. The van der Waals surface area contributed by atoms with Crippen molar-refractivity contribution in [1.82, 2.24) is 14.8 Å². The Morgan fingerprint density at radius 2 is 2.25 bits per heavy atom. The number of hydrogen-bond donors (Lipinski definition) is 3. The van der Waals surface area contributed by atoms with Crippen LogP contribution in [0.1, 0.15) is 21.9 Å². The molecule has 0 saturated heterocycles. The number of aromatic carboxylic acids is 1. The van der Waals surface area contributed by atoms with Crippen LogP contribution in [0.15, 0.2) is 24.4 Å². The largest absolute Gasteiger partial charge is 0.477 e. The van der Waals surface area contributed by atoms with Crippen LogP contribution in [0.3, 0.4) is 0 Å². The van der Waals surface area contributed by atoms with Crippen LogP contribution in [-0.4, -0.2) is 31.7 Å². The minimum Gasteiger partial charge on any atom is -0.477 e. The van der Waals surface area contributed by atoms with Crippen molar-refractivity contribution in [3.63, 3.8) is 0 Å². The molecule has 0 aliphatic carbocycles. The number of carboxylic acid groups (broad SMARTS) is 1. The van der Waals surface area contributed by atoms with Gasteiger partial charge in [0.25, 0.3) is 0 Å². The summed E-state index contributed by atoms with van der Waals surface area (Å²) in [4.78, 5) is 25.4. The molecular formula is C13H14N4O3. The van der Waals surface area contributed by atoms with Gasteiger partial charge in [0, 0.05) is 25.0 Å². The van der Waals surface area contributed by atoms with Gasteiger partial charge in [-0.2, -0.15) is 5.10 Å². The molecule has 0 bridgehead atoms. The Morgan fingerprint density at radius 1 is 1.50 bits per heavy atom. The fourth-order valence-electron chi connectivity index (χ4n) is 1.74. The van der Waals surface area contributed by atoms with Crippen molar-refractivity contribution in [1.29, 1.82) is 0 Å². The van der Waals surface area contributed by atoms with Crippen molar-refractivity contribution in [3.05, 3.63) is 41.5 Å². The van der Waals surface area contributed by atoms with Crippen LogP contribution in [0, 0.1) is 6.92 Å². The second kappa shape index (κ2) is 5.43. The van der Waals surface area contributed by atoms with Crippen LogP contribution in [0.4, 0.5) is 5.69 Å². The van der Waals surface area contributed by atoms with Crippen molar-refractivity contribution in [2.24, 2.45) is 7.05 Å². The average molecular weight is 274 g/mol. The lowest BCUT2D eigenvalue weighted by atomic mass is 10.3. The second-order valence-electron chi connectivity index (χ2n) is 4.25. The Bertz CT molecular complexity index is 682. The van der Waals surface area contributed by atoms with Gasteiger partial charge in [-0.3, -0.25) is 9.48 Å². The first-order chi connectivity index (χ1) is 9.47. The number of nitrogens with one attached hydrogen (secondary N) is 2. The number of amides is 1. The second-order valence-corrected chi connectivity index (χ2v) is 4.25. The van der Waals surface area contributed by atoms with Gasteiger partial charge < -0.3 is 15.4 Å². The lowest BCUT2D eigenvalue weighted by Crippen LogP contribution is -2.11. The van der Waals surface area contributed by atoms with E-state index in [0.29, 0.717) is 5.69 Å². The summed E-state index contributed by atoms with van der Waals surface area (Å²) in [5.74, 6) is -1.53. The predicted molar refractivity (Wildman–Crippen MR) is 73.4 cm³/mol. The molecule has 2 heterocycles. The maximum absolute atomic E-state index is 11.8. The molecule has 7 heteroatoms. The molecule has 1 amide bonds. The molecule has 3 N–H and O–H groups in total. The average Bonchev–Trinajstić information content (AvgIpc) is 2.93. The van der Waals surface area contributed by atoms with E-state index in [0.717, 1.165) is 5.69 Å². The van der Waals surface area contributed by atoms with E-state index >= 15 is 0 Å². The smallest absolute Gasteiger partial charge is 0.354 e. The molecule has 0 spiro atoms. The molecule has 0 saturated carbocycles. The number of rotatable bonds is 4. The Labute approximate surface area is 114 Å². The number of aromatic amines is 1. The van der Waals surface area contributed by atoms with Gasteiger partial charge in [-0.25, -0.2) is 4.79 Å². The van der Waals surface area contributed by atoms with Crippen molar-refractivity contribution in [3.8, 4) is 0 Å². The number of nitrogens with zero attached hydrogens (tertiary/aromatic N) is 2. The quantitative estimate of drug-likeness (QED) is 0.734. The summed E-state index contributed by atoms with van der Waals surface area (Å²) in [5, 5.41) is 15.5. The van der Waals surface area contributed by atoms with Crippen molar-refractivity contribution in [2.45, 2.75) is 6.92 Å². The lowest BCUT2D eigenvalue weighted by molar-refractivity contribution is -0.111. The maximum atomic E-state index is 11.8. The first-order valence-electron chi connectivity index (χ1n) is 5.87. The van der Waals surface area contributed by atoms with Crippen molar-refractivity contribution < 1.29 is 14.7 Å². The molecule has 7 nitrogen and oxygen atoms in total. The zero-order valence-electron chi connectivity index (χ0n) is 11.0. The van der Waals surface area contributed by atoms with E-state index in [1.54, 1.807) is 43.1 Å². The molecule has 0 fully saturated rings. The van der Waals surface area contributed by atoms with E-state index in [-0.39, 0.29) is 11.4 Å². The van der Waals surface area contributed by atoms with E-state index in [4.69, 9.17) is 5.11 Å². The van der Waals surface area contributed by atoms with Crippen LogP contribution >= 0.6 is 0 Å². The molecule has 0 aromatic carbocycles. The highest BCUT2D eigenvalue weighted by Crippen LogP contribution is 2.16. The summed E-state index contributed by atoms with van der Waals surface area (Å²) in [5.41, 5.74) is 1.64. The minimum atomic E-state index is -1.12. The highest BCUT2D eigenvalue weighted by Gasteiger charge is 2.14. The van der Waals surface area contributed by atoms with E-state index in [1.807, 2.05) is 0 Å². The molecule has 0 radical (unpaired) electrons. The van der Waals surface area contributed by atoms with Crippen LogP contribution < -0.4 is 5.32 Å². The van der Waals surface area contributed by atoms with Crippen LogP contribution in [0.2, 0.25) is 0 Å². The summed E-state index contributed by atoms with van der Waals surface area (Å²) in [6.07, 6.45) is 4.54. The van der Waals surface area contributed by atoms with E-state index in [1.165, 1.54) is 6.08 Å². The number of hydrogen-bond acceptors (Lipinski definition) is 3. The fraction of sp³-hybridized carbons (Fsp3) is 0.154. The predicted octanol–water partition coefficient (Wildman–Crippen LogP) is 1.41. The van der Waals surface area contributed by atoms with Gasteiger partial charge in [0.15, 0.2) is 0 Å². The highest BCUT2D eigenvalue weighted by atomic mass is 16.4. The number of carbonyl (C=O) groups is 2. The Hall–Kier alpha value is -2.83. The van der Waals surface area contributed by atoms with E-state index in [9.17, 15) is 9.59 Å². The van der Waals surface area contributed by atoms with Gasteiger partial charge in [-0.15, -0.1) is 0 Å². The lowest BCUT2D eigenvalue weighted by Gasteiger charge is -2.00. The molecule has 0 aliphatic heterocycles. The number of aromatic nitrogens is 3. The molecule has 104 valence electrons. The minimum absolute atomic E-state index is 0.0372.